The maximum Gasteiger partial charge on any atom is 0.387 e. The lowest BCUT2D eigenvalue weighted by Crippen LogP contribution is -2.30. The summed E-state index contributed by atoms with van der Waals surface area (Å²) in [6.45, 7) is 2.87. The van der Waals surface area contributed by atoms with E-state index in [1.165, 1.54) is 24.3 Å². The van der Waals surface area contributed by atoms with Gasteiger partial charge in [0.2, 0.25) is 17.6 Å². The summed E-state index contributed by atoms with van der Waals surface area (Å²) in [5.74, 6) is 0.361. The van der Waals surface area contributed by atoms with Gasteiger partial charge < -0.3 is 19.3 Å². The second-order valence-electron chi connectivity index (χ2n) is 7.27. The summed E-state index contributed by atoms with van der Waals surface area (Å²) in [7, 11) is 0. The van der Waals surface area contributed by atoms with Gasteiger partial charge in [-0.2, -0.15) is 13.8 Å². The third kappa shape index (κ3) is 6.58. The molecule has 3 aromatic rings. The Bertz CT molecular complexity index is 1090. The average Bonchev–Trinajstić information content (AvgIpc) is 3.28. The molecular weight excluding hydrogens is 434 g/mol. The second-order valence-corrected chi connectivity index (χ2v) is 7.27. The molecule has 1 amide bonds. The molecule has 0 saturated heterocycles. The molecule has 3 rings (SSSR count). The zero-order valence-corrected chi connectivity index (χ0v) is 18.4. The first kappa shape index (κ1) is 23.8. The van der Waals surface area contributed by atoms with Gasteiger partial charge in [0.15, 0.2) is 11.5 Å². The van der Waals surface area contributed by atoms with Gasteiger partial charge in [-0.05, 0) is 48.7 Å². The van der Waals surface area contributed by atoms with Crippen LogP contribution in [0.1, 0.15) is 38.3 Å². The first-order valence-corrected chi connectivity index (χ1v) is 10.3. The van der Waals surface area contributed by atoms with Gasteiger partial charge >= 0.3 is 6.61 Å². The number of amides is 1. The van der Waals surface area contributed by atoms with Crippen molar-refractivity contribution in [1.29, 1.82) is 0 Å². The van der Waals surface area contributed by atoms with Crippen LogP contribution >= 0.6 is 0 Å². The van der Waals surface area contributed by atoms with Crippen molar-refractivity contribution in [1.82, 2.24) is 20.4 Å². The SMILES string of the molecule is CCOc1cc(/C=C/C(=O)NC(c2nc(-c3ccncc3)no2)C(C)C)ccc1OC(F)F. The maximum atomic E-state index is 12.6. The molecule has 1 aromatic carbocycles. The lowest BCUT2D eigenvalue weighted by atomic mass is 10.0. The first-order chi connectivity index (χ1) is 15.9. The Morgan fingerprint density at radius 1 is 1.18 bits per heavy atom. The van der Waals surface area contributed by atoms with E-state index in [-0.39, 0.29) is 35.8 Å². The summed E-state index contributed by atoms with van der Waals surface area (Å²) in [6, 6.07) is 7.44. The van der Waals surface area contributed by atoms with E-state index < -0.39 is 12.7 Å². The van der Waals surface area contributed by atoms with Crippen molar-refractivity contribution in [3.63, 3.8) is 0 Å². The van der Waals surface area contributed by atoms with Crippen molar-refractivity contribution in [2.75, 3.05) is 6.61 Å². The van der Waals surface area contributed by atoms with E-state index in [0.717, 1.165) is 5.56 Å². The van der Waals surface area contributed by atoms with Crippen LogP contribution in [0.5, 0.6) is 11.5 Å². The molecule has 0 saturated carbocycles. The fraction of sp³-hybridized carbons (Fsp3) is 0.304. The van der Waals surface area contributed by atoms with Crippen LogP contribution in [0, 0.1) is 5.92 Å². The summed E-state index contributed by atoms with van der Waals surface area (Å²) in [5.41, 5.74) is 1.33. The van der Waals surface area contributed by atoms with Gasteiger partial charge in [-0.15, -0.1) is 0 Å². The molecule has 8 nitrogen and oxygen atoms in total. The van der Waals surface area contributed by atoms with Crippen LogP contribution in [-0.2, 0) is 4.79 Å². The third-order valence-electron chi connectivity index (χ3n) is 4.52. The Labute approximate surface area is 189 Å². The smallest absolute Gasteiger partial charge is 0.387 e. The van der Waals surface area contributed by atoms with E-state index >= 15 is 0 Å². The van der Waals surface area contributed by atoms with Gasteiger partial charge in [-0.3, -0.25) is 9.78 Å². The van der Waals surface area contributed by atoms with Crippen molar-refractivity contribution in [2.45, 2.75) is 33.4 Å². The topological polar surface area (TPSA) is 99.4 Å². The van der Waals surface area contributed by atoms with E-state index in [2.05, 4.69) is 25.2 Å². The van der Waals surface area contributed by atoms with Crippen LogP contribution in [0.4, 0.5) is 8.78 Å². The van der Waals surface area contributed by atoms with Crippen LogP contribution in [0.2, 0.25) is 0 Å². The molecule has 1 unspecified atom stereocenters. The van der Waals surface area contributed by atoms with Crippen molar-refractivity contribution < 1.29 is 27.6 Å². The number of hydrogen-bond donors (Lipinski definition) is 1. The Kier molecular flexibility index (Phi) is 8.06. The quantitative estimate of drug-likeness (QED) is 0.441. The molecule has 2 aromatic heterocycles. The van der Waals surface area contributed by atoms with Crippen LogP contribution in [0.3, 0.4) is 0 Å². The molecular formula is C23H24F2N4O4. The number of rotatable bonds is 10. The Hall–Kier alpha value is -3.82. The number of ether oxygens (including phenoxy) is 2. The largest absolute Gasteiger partial charge is 0.490 e. The molecule has 0 aliphatic heterocycles. The number of halogens is 2. The number of hydrogen-bond acceptors (Lipinski definition) is 7. The second kappa shape index (κ2) is 11.2. The van der Waals surface area contributed by atoms with E-state index in [9.17, 15) is 13.6 Å². The highest BCUT2D eigenvalue weighted by Crippen LogP contribution is 2.30. The zero-order chi connectivity index (χ0) is 23.8. The number of pyridine rings is 1. The van der Waals surface area contributed by atoms with Gasteiger partial charge in [-0.25, -0.2) is 0 Å². The van der Waals surface area contributed by atoms with Gasteiger partial charge in [0, 0.05) is 24.0 Å². The predicted octanol–water partition coefficient (Wildman–Crippen LogP) is 4.66. The number of benzene rings is 1. The zero-order valence-electron chi connectivity index (χ0n) is 18.4. The Morgan fingerprint density at radius 2 is 1.94 bits per heavy atom. The van der Waals surface area contributed by atoms with Crippen LogP contribution in [0.25, 0.3) is 17.5 Å². The first-order valence-electron chi connectivity index (χ1n) is 10.3. The van der Waals surface area contributed by atoms with Crippen LogP contribution in [-0.4, -0.2) is 34.3 Å². The van der Waals surface area contributed by atoms with E-state index in [1.807, 2.05) is 13.8 Å². The highest BCUT2D eigenvalue weighted by molar-refractivity contribution is 5.92. The Balaban J connectivity index is 1.71. The minimum absolute atomic E-state index is 0.0246. The fourth-order valence-electron chi connectivity index (χ4n) is 2.96. The van der Waals surface area contributed by atoms with E-state index in [1.54, 1.807) is 37.5 Å². The van der Waals surface area contributed by atoms with Gasteiger partial charge in [0.05, 0.1) is 6.61 Å². The molecule has 0 bridgehead atoms. The molecule has 1 N–H and O–H groups in total. The summed E-state index contributed by atoms with van der Waals surface area (Å²) >= 11 is 0. The lowest BCUT2D eigenvalue weighted by Gasteiger charge is -2.17. The molecule has 0 aliphatic carbocycles. The summed E-state index contributed by atoms with van der Waals surface area (Å²) in [5, 5.41) is 6.84. The Morgan fingerprint density at radius 3 is 2.61 bits per heavy atom. The normalized spacial score (nSPS) is 12.3. The monoisotopic (exact) mass is 458 g/mol. The van der Waals surface area contributed by atoms with Crippen molar-refractivity contribution in [3.05, 3.63) is 60.3 Å². The fourth-order valence-corrected chi connectivity index (χ4v) is 2.96. The maximum absolute atomic E-state index is 12.6. The van der Waals surface area contributed by atoms with Gasteiger partial charge in [0.25, 0.3) is 0 Å². The minimum Gasteiger partial charge on any atom is -0.490 e. The number of nitrogens with one attached hydrogen (secondary N) is 1. The number of aromatic nitrogens is 3. The van der Waals surface area contributed by atoms with Gasteiger partial charge in [-0.1, -0.05) is 25.1 Å². The molecule has 33 heavy (non-hydrogen) atoms. The minimum atomic E-state index is -2.96. The van der Waals surface area contributed by atoms with Crippen molar-refractivity contribution in [2.24, 2.45) is 5.92 Å². The average molecular weight is 458 g/mol. The number of alkyl halides is 2. The summed E-state index contributed by atoms with van der Waals surface area (Å²) in [4.78, 5) is 20.9. The lowest BCUT2D eigenvalue weighted by molar-refractivity contribution is -0.117. The standard InChI is InChI=1S/C23H24F2N4O4/c1-4-31-18-13-15(5-7-17(18)32-23(24)25)6-8-19(30)27-20(14(2)3)22-28-21(29-33-22)16-9-11-26-12-10-16/h5-14,20,23H,4H2,1-3H3,(H,27,30)/b8-6+. The van der Waals surface area contributed by atoms with Crippen LogP contribution < -0.4 is 14.8 Å². The summed E-state index contributed by atoms with van der Waals surface area (Å²) < 4.78 is 40.3. The van der Waals surface area contributed by atoms with E-state index in [0.29, 0.717) is 11.4 Å². The van der Waals surface area contributed by atoms with E-state index in [4.69, 9.17) is 9.26 Å². The van der Waals surface area contributed by atoms with Crippen molar-refractivity contribution >= 4 is 12.0 Å². The number of nitrogens with zero attached hydrogens (tertiary/aromatic N) is 3. The molecule has 10 heteroatoms. The number of carbonyl (C=O) groups excluding carboxylic acids is 1. The predicted molar refractivity (Wildman–Crippen MR) is 117 cm³/mol. The summed E-state index contributed by atoms with van der Waals surface area (Å²) in [6.07, 6.45) is 6.12. The highest BCUT2D eigenvalue weighted by atomic mass is 19.3. The molecule has 2 heterocycles. The molecule has 174 valence electrons. The van der Waals surface area contributed by atoms with Crippen LogP contribution in [0.15, 0.2) is 53.3 Å². The van der Waals surface area contributed by atoms with Crippen molar-refractivity contribution in [3.8, 4) is 22.9 Å². The molecule has 1 atom stereocenters. The molecule has 0 aliphatic rings. The number of carbonyl (C=O) groups is 1. The molecule has 0 spiro atoms. The van der Waals surface area contributed by atoms with Gasteiger partial charge in [0.1, 0.15) is 6.04 Å². The molecule has 0 fully saturated rings. The third-order valence-corrected chi connectivity index (χ3v) is 4.52. The highest BCUT2D eigenvalue weighted by Gasteiger charge is 2.24. The molecule has 0 radical (unpaired) electrons.